The van der Waals surface area contributed by atoms with E-state index in [2.05, 4.69) is 10.2 Å². The first kappa shape index (κ1) is 15.0. The SMILES string of the molecule is NC(=O)c1ccccc1NC(=O)CC1CCN(C2CC2)CC1. The summed E-state index contributed by atoms with van der Waals surface area (Å²) in [5.74, 6) is -0.108. The van der Waals surface area contributed by atoms with E-state index in [9.17, 15) is 9.59 Å². The number of carbonyl (C=O) groups excluding carboxylic acids is 2. The third-order valence-corrected chi connectivity index (χ3v) is 4.65. The summed E-state index contributed by atoms with van der Waals surface area (Å²) >= 11 is 0. The average Bonchev–Trinajstić information content (AvgIpc) is 3.33. The zero-order valence-electron chi connectivity index (χ0n) is 12.8. The van der Waals surface area contributed by atoms with E-state index in [0.717, 1.165) is 32.0 Å². The molecule has 0 radical (unpaired) electrons. The molecule has 2 fully saturated rings. The van der Waals surface area contributed by atoms with Crippen molar-refractivity contribution in [1.29, 1.82) is 0 Å². The molecule has 1 saturated heterocycles. The van der Waals surface area contributed by atoms with Gasteiger partial charge in [0.25, 0.3) is 5.91 Å². The molecule has 1 aromatic carbocycles. The van der Waals surface area contributed by atoms with Crippen LogP contribution < -0.4 is 11.1 Å². The maximum absolute atomic E-state index is 12.2. The summed E-state index contributed by atoms with van der Waals surface area (Å²) in [4.78, 5) is 26.1. The highest BCUT2D eigenvalue weighted by Crippen LogP contribution is 2.31. The number of nitrogens with zero attached hydrogens (tertiary/aromatic N) is 1. The highest BCUT2D eigenvalue weighted by molar-refractivity contribution is 6.02. The van der Waals surface area contributed by atoms with Gasteiger partial charge in [0, 0.05) is 12.5 Å². The maximum atomic E-state index is 12.2. The number of hydrogen-bond donors (Lipinski definition) is 2. The number of primary amides is 1. The lowest BCUT2D eigenvalue weighted by Gasteiger charge is -2.31. The molecular formula is C17H23N3O2. The normalized spacial score (nSPS) is 19.8. The minimum absolute atomic E-state index is 0.0291. The van der Waals surface area contributed by atoms with Gasteiger partial charge in [-0.05, 0) is 56.8 Å². The number of piperidine rings is 1. The lowest BCUT2D eigenvalue weighted by atomic mass is 9.93. The second kappa shape index (κ2) is 6.48. The number of nitrogens with two attached hydrogens (primary N) is 1. The highest BCUT2D eigenvalue weighted by Gasteiger charge is 2.32. The predicted molar refractivity (Wildman–Crippen MR) is 85.5 cm³/mol. The standard InChI is InChI=1S/C17H23N3O2/c18-17(22)14-3-1-2-4-15(14)19-16(21)11-12-7-9-20(10-8-12)13-5-6-13/h1-4,12-13H,5-11H2,(H2,18,22)(H,19,21). The van der Waals surface area contributed by atoms with E-state index in [0.29, 0.717) is 23.6 Å². The smallest absolute Gasteiger partial charge is 0.250 e. The molecule has 5 nitrogen and oxygen atoms in total. The van der Waals surface area contributed by atoms with Gasteiger partial charge in [0.05, 0.1) is 11.3 Å². The van der Waals surface area contributed by atoms with Gasteiger partial charge in [-0.2, -0.15) is 0 Å². The van der Waals surface area contributed by atoms with E-state index in [-0.39, 0.29) is 5.91 Å². The van der Waals surface area contributed by atoms with Crippen LogP contribution in [-0.2, 0) is 4.79 Å². The third kappa shape index (κ3) is 3.65. The van der Waals surface area contributed by atoms with Crippen molar-refractivity contribution in [2.45, 2.75) is 38.1 Å². The number of likely N-dealkylation sites (tertiary alicyclic amines) is 1. The van der Waals surface area contributed by atoms with Crippen LogP contribution >= 0.6 is 0 Å². The van der Waals surface area contributed by atoms with E-state index in [1.165, 1.54) is 12.8 Å². The number of rotatable bonds is 5. The van der Waals surface area contributed by atoms with Crippen molar-refractivity contribution in [3.8, 4) is 0 Å². The van der Waals surface area contributed by atoms with Gasteiger partial charge < -0.3 is 16.0 Å². The van der Waals surface area contributed by atoms with Crippen LogP contribution in [0, 0.1) is 5.92 Å². The first-order chi connectivity index (χ1) is 10.6. The van der Waals surface area contributed by atoms with Crippen LogP contribution in [0.4, 0.5) is 5.69 Å². The van der Waals surface area contributed by atoms with Crippen LogP contribution in [0.3, 0.4) is 0 Å². The molecule has 0 aromatic heterocycles. The first-order valence-corrected chi connectivity index (χ1v) is 8.06. The van der Waals surface area contributed by atoms with Crippen LogP contribution in [0.2, 0.25) is 0 Å². The zero-order valence-corrected chi connectivity index (χ0v) is 12.8. The fourth-order valence-electron chi connectivity index (χ4n) is 3.23. The van der Waals surface area contributed by atoms with Crippen LogP contribution in [-0.4, -0.2) is 35.8 Å². The Morgan fingerprint density at radius 3 is 2.45 bits per heavy atom. The summed E-state index contributed by atoms with van der Waals surface area (Å²) < 4.78 is 0. The Labute approximate surface area is 130 Å². The van der Waals surface area contributed by atoms with Gasteiger partial charge in [0.15, 0.2) is 0 Å². The van der Waals surface area contributed by atoms with E-state index >= 15 is 0 Å². The Kier molecular flexibility index (Phi) is 4.43. The summed E-state index contributed by atoms with van der Waals surface area (Å²) in [5, 5.41) is 2.83. The molecular weight excluding hydrogens is 278 g/mol. The Hall–Kier alpha value is -1.88. The fourth-order valence-corrected chi connectivity index (χ4v) is 3.23. The van der Waals surface area contributed by atoms with Crippen LogP contribution in [0.1, 0.15) is 42.5 Å². The Morgan fingerprint density at radius 1 is 1.14 bits per heavy atom. The zero-order chi connectivity index (χ0) is 15.5. The number of amides is 2. The van der Waals surface area contributed by atoms with Crippen LogP contribution in [0.25, 0.3) is 0 Å². The fraction of sp³-hybridized carbons (Fsp3) is 0.529. The van der Waals surface area contributed by atoms with Crippen molar-refractivity contribution >= 4 is 17.5 Å². The molecule has 1 aromatic rings. The number of nitrogens with one attached hydrogen (secondary N) is 1. The summed E-state index contributed by atoms with van der Waals surface area (Å²) in [6.45, 7) is 2.22. The summed E-state index contributed by atoms with van der Waals surface area (Å²) in [6, 6.07) is 7.69. The molecule has 2 aliphatic rings. The maximum Gasteiger partial charge on any atom is 0.250 e. The third-order valence-electron chi connectivity index (χ3n) is 4.65. The van der Waals surface area contributed by atoms with E-state index in [1.807, 2.05) is 0 Å². The molecule has 0 unspecified atom stereocenters. The molecule has 0 bridgehead atoms. The molecule has 22 heavy (non-hydrogen) atoms. The monoisotopic (exact) mass is 301 g/mol. The molecule has 1 aliphatic carbocycles. The predicted octanol–water partition coefficient (Wildman–Crippen LogP) is 1.99. The molecule has 1 saturated carbocycles. The number of para-hydroxylation sites is 1. The molecule has 3 rings (SSSR count). The molecule has 3 N–H and O–H groups in total. The topological polar surface area (TPSA) is 75.4 Å². The first-order valence-electron chi connectivity index (χ1n) is 8.06. The van der Waals surface area contributed by atoms with Gasteiger partial charge in [-0.15, -0.1) is 0 Å². The summed E-state index contributed by atoms with van der Waals surface area (Å²) in [6.07, 6.45) is 5.37. The van der Waals surface area contributed by atoms with Crippen LogP contribution in [0.5, 0.6) is 0 Å². The summed E-state index contributed by atoms with van der Waals surface area (Å²) in [5.41, 5.74) is 6.20. The average molecular weight is 301 g/mol. The van der Waals surface area contributed by atoms with E-state index in [1.54, 1.807) is 24.3 Å². The van der Waals surface area contributed by atoms with Gasteiger partial charge in [0.2, 0.25) is 5.91 Å². The van der Waals surface area contributed by atoms with Gasteiger partial charge in [-0.3, -0.25) is 9.59 Å². The van der Waals surface area contributed by atoms with Crippen molar-refractivity contribution < 1.29 is 9.59 Å². The van der Waals surface area contributed by atoms with E-state index < -0.39 is 5.91 Å². The highest BCUT2D eigenvalue weighted by atomic mass is 16.2. The molecule has 0 atom stereocenters. The largest absolute Gasteiger partial charge is 0.366 e. The second-order valence-corrected chi connectivity index (χ2v) is 6.37. The minimum atomic E-state index is -0.520. The number of carbonyl (C=O) groups is 2. The summed E-state index contributed by atoms with van der Waals surface area (Å²) in [7, 11) is 0. The van der Waals surface area contributed by atoms with Gasteiger partial charge in [-0.1, -0.05) is 12.1 Å². The van der Waals surface area contributed by atoms with E-state index in [4.69, 9.17) is 5.73 Å². The van der Waals surface area contributed by atoms with Crippen molar-refractivity contribution in [1.82, 2.24) is 4.90 Å². The number of anilines is 1. The Bertz CT molecular complexity index is 561. The molecule has 2 amide bonds. The van der Waals surface area contributed by atoms with Crippen molar-refractivity contribution in [3.63, 3.8) is 0 Å². The number of hydrogen-bond acceptors (Lipinski definition) is 3. The molecule has 0 spiro atoms. The van der Waals surface area contributed by atoms with Gasteiger partial charge >= 0.3 is 0 Å². The van der Waals surface area contributed by atoms with Crippen molar-refractivity contribution in [3.05, 3.63) is 29.8 Å². The lowest BCUT2D eigenvalue weighted by molar-refractivity contribution is -0.117. The molecule has 118 valence electrons. The quantitative estimate of drug-likeness (QED) is 0.873. The van der Waals surface area contributed by atoms with Crippen molar-refractivity contribution in [2.24, 2.45) is 11.7 Å². The number of benzene rings is 1. The van der Waals surface area contributed by atoms with Gasteiger partial charge in [0.1, 0.15) is 0 Å². The minimum Gasteiger partial charge on any atom is -0.366 e. The molecule has 1 aliphatic heterocycles. The lowest BCUT2D eigenvalue weighted by Crippen LogP contribution is -2.36. The molecule has 5 heteroatoms. The van der Waals surface area contributed by atoms with Crippen molar-refractivity contribution in [2.75, 3.05) is 18.4 Å². The van der Waals surface area contributed by atoms with Crippen LogP contribution in [0.15, 0.2) is 24.3 Å². The molecule has 1 heterocycles. The Balaban J connectivity index is 1.51. The Morgan fingerprint density at radius 2 is 1.82 bits per heavy atom. The van der Waals surface area contributed by atoms with Gasteiger partial charge in [-0.25, -0.2) is 0 Å². The second-order valence-electron chi connectivity index (χ2n) is 6.37.